The van der Waals surface area contributed by atoms with Gasteiger partial charge in [-0.15, -0.1) is 0 Å². The standard InChI is InChI=1S/C18H30O2Si/c1-15(17-10-8-7-9-11-17)12-16(13-19)14-20-21(5,6)18(2,3)4/h7-11,16,19H,1,12-14H2,2-6H3/t16-/m1/s1. The Kier molecular flexibility index (Phi) is 6.38. The summed E-state index contributed by atoms with van der Waals surface area (Å²) in [4.78, 5) is 0. The quantitative estimate of drug-likeness (QED) is 0.739. The molecule has 1 aromatic carbocycles. The molecule has 1 rings (SSSR count). The third-order valence-corrected chi connectivity index (χ3v) is 8.96. The van der Waals surface area contributed by atoms with E-state index in [4.69, 9.17) is 4.43 Å². The van der Waals surface area contributed by atoms with Crippen LogP contribution in [0.2, 0.25) is 18.1 Å². The van der Waals surface area contributed by atoms with Crippen LogP contribution in [-0.2, 0) is 4.43 Å². The molecular formula is C18H30O2Si. The smallest absolute Gasteiger partial charge is 0.191 e. The van der Waals surface area contributed by atoms with E-state index in [2.05, 4.69) is 52.6 Å². The van der Waals surface area contributed by atoms with Gasteiger partial charge in [-0.05, 0) is 35.7 Å². The lowest BCUT2D eigenvalue weighted by Crippen LogP contribution is -2.42. The average Bonchev–Trinajstić information content (AvgIpc) is 2.43. The van der Waals surface area contributed by atoms with Gasteiger partial charge in [0.1, 0.15) is 0 Å². The molecule has 0 aliphatic carbocycles. The van der Waals surface area contributed by atoms with E-state index in [0.717, 1.165) is 17.6 Å². The molecule has 1 aromatic rings. The van der Waals surface area contributed by atoms with Gasteiger partial charge >= 0.3 is 0 Å². The minimum atomic E-state index is -1.76. The largest absolute Gasteiger partial charge is 0.416 e. The van der Waals surface area contributed by atoms with Crippen LogP contribution in [0.25, 0.3) is 5.57 Å². The van der Waals surface area contributed by atoms with Crippen molar-refractivity contribution in [3.63, 3.8) is 0 Å². The highest BCUT2D eigenvalue weighted by Gasteiger charge is 2.37. The minimum Gasteiger partial charge on any atom is -0.416 e. The highest BCUT2D eigenvalue weighted by molar-refractivity contribution is 6.74. The molecule has 1 N–H and O–H groups in total. The first-order valence-corrected chi connectivity index (χ1v) is 10.6. The molecule has 0 unspecified atom stereocenters. The Morgan fingerprint density at radius 2 is 1.81 bits per heavy atom. The number of aliphatic hydroxyl groups excluding tert-OH is 1. The van der Waals surface area contributed by atoms with Gasteiger partial charge in [0.05, 0.1) is 0 Å². The summed E-state index contributed by atoms with van der Waals surface area (Å²) in [6, 6.07) is 10.2. The first-order chi connectivity index (χ1) is 9.67. The summed E-state index contributed by atoms with van der Waals surface area (Å²) in [5, 5.41) is 9.81. The van der Waals surface area contributed by atoms with E-state index in [-0.39, 0.29) is 17.6 Å². The van der Waals surface area contributed by atoms with Crippen molar-refractivity contribution in [1.29, 1.82) is 0 Å². The molecule has 0 spiro atoms. The molecule has 0 bridgehead atoms. The number of hydrogen-bond donors (Lipinski definition) is 1. The van der Waals surface area contributed by atoms with E-state index in [1.165, 1.54) is 0 Å². The second kappa shape index (κ2) is 7.39. The molecule has 118 valence electrons. The van der Waals surface area contributed by atoms with E-state index in [9.17, 15) is 5.11 Å². The zero-order chi connectivity index (χ0) is 16.1. The maximum Gasteiger partial charge on any atom is 0.191 e. The van der Waals surface area contributed by atoms with Gasteiger partial charge in [0, 0.05) is 19.1 Å². The van der Waals surface area contributed by atoms with Gasteiger partial charge in [0.2, 0.25) is 0 Å². The fourth-order valence-electron chi connectivity index (χ4n) is 1.86. The van der Waals surface area contributed by atoms with E-state index in [1.54, 1.807) is 0 Å². The van der Waals surface area contributed by atoms with Gasteiger partial charge in [0.15, 0.2) is 8.32 Å². The third-order valence-electron chi connectivity index (χ3n) is 4.46. The van der Waals surface area contributed by atoms with Crippen LogP contribution >= 0.6 is 0 Å². The number of aliphatic hydroxyl groups is 1. The molecule has 0 aliphatic rings. The number of hydrogen-bond acceptors (Lipinski definition) is 2. The average molecular weight is 307 g/mol. The first-order valence-electron chi connectivity index (χ1n) is 7.65. The fourth-order valence-corrected chi connectivity index (χ4v) is 2.94. The van der Waals surface area contributed by atoms with E-state index >= 15 is 0 Å². The van der Waals surface area contributed by atoms with E-state index in [0.29, 0.717) is 6.61 Å². The third kappa shape index (κ3) is 5.42. The number of benzene rings is 1. The summed E-state index contributed by atoms with van der Waals surface area (Å²) >= 11 is 0. The summed E-state index contributed by atoms with van der Waals surface area (Å²) < 4.78 is 6.22. The molecule has 0 radical (unpaired) electrons. The van der Waals surface area contributed by atoms with Crippen LogP contribution in [0.1, 0.15) is 32.8 Å². The molecule has 0 saturated heterocycles. The topological polar surface area (TPSA) is 29.5 Å². The zero-order valence-corrected chi connectivity index (χ0v) is 15.1. The van der Waals surface area contributed by atoms with Crippen molar-refractivity contribution in [3.05, 3.63) is 42.5 Å². The van der Waals surface area contributed by atoms with Gasteiger partial charge < -0.3 is 9.53 Å². The lowest BCUT2D eigenvalue weighted by Gasteiger charge is -2.37. The van der Waals surface area contributed by atoms with Gasteiger partial charge in [-0.3, -0.25) is 0 Å². The van der Waals surface area contributed by atoms with Gasteiger partial charge in [-0.2, -0.15) is 0 Å². The van der Waals surface area contributed by atoms with Crippen LogP contribution in [0.4, 0.5) is 0 Å². The predicted molar refractivity (Wildman–Crippen MR) is 93.8 cm³/mol. The first kappa shape index (κ1) is 18.1. The van der Waals surface area contributed by atoms with Crippen molar-refractivity contribution in [2.75, 3.05) is 13.2 Å². The van der Waals surface area contributed by atoms with Crippen molar-refractivity contribution >= 4 is 13.9 Å². The Bertz CT molecular complexity index is 446. The molecule has 0 saturated carbocycles. The molecule has 21 heavy (non-hydrogen) atoms. The SMILES string of the molecule is C=C(C[C@H](CO)CO[Si](C)(C)C(C)(C)C)c1ccccc1. The van der Waals surface area contributed by atoms with Crippen molar-refractivity contribution in [3.8, 4) is 0 Å². The van der Waals surface area contributed by atoms with Crippen LogP contribution in [0, 0.1) is 5.92 Å². The van der Waals surface area contributed by atoms with Crippen LogP contribution in [0.5, 0.6) is 0 Å². The minimum absolute atomic E-state index is 0.117. The van der Waals surface area contributed by atoms with Crippen molar-refractivity contribution < 1.29 is 9.53 Å². The van der Waals surface area contributed by atoms with Gasteiger partial charge in [0.25, 0.3) is 0 Å². The number of allylic oxidation sites excluding steroid dienone is 1. The van der Waals surface area contributed by atoms with Gasteiger partial charge in [-0.1, -0.05) is 57.7 Å². The Labute approximate surface area is 131 Å². The molecule has 0 heterocycles. The highest BCUT2D eigenvalue weighted by Crippen LogP contribution is 2.37. The highest BCUT2D eigenvalue weighted by atomic mass is 28.4. The molecule has 0 fully saturated rings. The Balaban J connectivity index is 2.59. The van der Waals surface area contributed by atoms with Crippen LogP contribution < -0.4 is 0 Å². The van der Waals surface area contributed by atoms with Crippen molar-refractivity contribution in [2.24, 2.45) is 5.92 Å². The van der Waals surface area contributed by atoms with E-state index < -0.39 is 8.32 Å². The molecule has 0 aromatic heterocycles. The number of rotatable bonds is 7. The van der Waals surface area contributed by atoms with Crippen LogP contribution in [0.15, 0.2) is 36.9 Å². The van der Waals surface area contributed by atoms with Crippen LogP contribution in [0.3, 0.4) is 0 Å². The lowest BCUT2D eigenvalue weighted by atomic mass is 9.96. The second-order valence-corrected chi connectivity index (χ2v) is 12.1. The fraction of sp³-hybridized carbons (Fsp3) is 0.556. The summed E-state index contributed by atoms with van der Waals surface area (Å²) in [6.45, 7) is 16.1. The lowest BCUT2D eigenvalue weighted by molar-refractivity contribution is 0.156. The Morgan fingerprint density at radius 1 is 1.24 bits per heavy atom. The Morgan fingerprint density at radius 3 is 2.29 bits per heavy atom. The molecular weight excluding hydrogens is 276 g/mol. The zero-order valence-electron chi connectivity index (χ0n) is 14.1. The molecule has 0 aliphatic heterocycles. The normalized spacial score (nSPS) is 14.0. The predicted octanol–water partition coefficient (Wildman–Crippen LogP) is 4.72. The van der Waals surface area contributed by atoms with Gasteiger partial charge in [-0.25, -0.2) is 0 Å². The summed E-state index contributed by atoms with van der Waals surface area (Å²) in [6.07, 6.45) is 0.773. The van der Waals surface area contributed by atoms with E-state index in [1.807, 2.05) is 18.2 Å². The Hall–Kier alpha value is -0.903. The van der Waals surface area contributed by atoms with Crippen molar-refractivity contribution in [1.82, 2.24) is 0 Å². The second-order valence-electron chi connectivity index (χ2n) is 7.29. The molecule has 1 atom stereocenters. The summed E-state index contributed by atoms with van der Waals surface area (Å²) in [5.74, 6) is 0.117. The summed E-state index contributed by atoms with van der Waals surface area (Å²) in [5.41, 5.74) is 2.21. The monoisotopic (exact) mass is 306 g/mol. The maximum atomic E-state index is 9.62. The van der Waals surface area contributed by atoms with Crippen molar-refractivity contribution in [2.45, 2.75) is 45.3 Å². The van der Waals surface area contributed by atoms with Crippen LogP contribution in [-0.4, -0.2) is 26.6 Å². The molecule has 0 amide bonds. The molecule has 2 nitrogen and oxygen atoms in total. The maximum absolute atomic E-state index is 9.62. The summed E-state index contributed by atoms with van der Waals surface area (Å²) in [7, 11) is -1.76. The molecule has 3 heteroatoms.